The second-order valence-corrected chi connectivity index (χ2v) is 6.06. The highest BCUT2D eigenvalue weighted by atomic mass is 35.5. The van der Waals surface area contributed by atoms with Crippen molar-refractivity contribution in [2.45, 2.75) is 6.92 Å². The topological polar surface area (TPSA) is 106 Å². The molecule has 8 nitrogen and oxygen atoms in total. The number of anilines is 4. The summed E-state index contributed by atoms with van der Waals surface area (Å²) in [6, 6.07) is 10.0. The lowest BCUT2D eigenvalue weighted by Crippen LogP contribution is -2.06. The van der Waals surface area contributed by atoms with Crippen molar-refractivity contribution < 1.29 is 4.92 Å². The largest absolute Gasteiger partial charge is 0.353 e. The van der Waals surface area contributed by atoms with Crippen molar-refractivity contribution in [2.24, 2.45) is 0 Å². The molecule has 0 spiro atoms. The second kappa shape index (κ2) is 7.51. The number of nitrogens with one attached hydrogen (secondary N) is 2. The molecular weight excluding hydrogens is 379 g/mol. The third-order valence-electron chi connectivity index (χ3n) is 3.32. The summed E-state index contributed by atoms with van der Waals surface area (Å²) < 4.78 is 0. The van der Waals surface area contributed by atoms with Gasteiger partial charge in [-0.3, -0.25) is 10.1 Å². The number of rotatable bonds is 5. The van der Waals surface area contributed by atoms with Gasteiger partial charge in [0.05, 0.1) is 15.6 Å². The van der Waals surface area contributed by atoms with E-state index in [2.05, 4.69) is 25.6 Å². The Morgan fingerprint density at radius 2 is 1.81 bits per heavy atom. The van der Waals surface area contributed by atoms with E-state index in [1.165, 1.54) is 12.4 Å². The van der Waals surface area contributed by atoms with E-state index in [1.54, 1.807) is 24.3 Å². The van der Waals surface area contributed by atoms with Crippen LogP contribution in [0.4, 0.5) is 28.8 Å². The van der Waals surface area contributed by atoms with Gasteiger partial charge in [0.25, 0.3) is 0 Å². The molecule has 0 unspecified atom stereocenters. The molecule has 3 aromatic rings. The first-order chi connectivity index (χ1) is 12.4. The van der Waals surface area contributed by atoms with Crippen molar-refractivity contribution in [2.75, 3.05) is 10.6 Å². The normalized spacial score (nSPS) is 10.4. The minimum atomic E-state index is -0.579. The third kappa shape index (κ3) is 3.98. The molecule has 0 saturated heterocycles. The lowest BCUT2D eigenvalue weighted by Gasteiger charge is -2.11. The standard InChI is InChI=1S/C16H12Cl2N6O2/c1-9-3-2-4-13(21-9)23-16-14(24(25)26)15(19-8-20-16)22-12-6-5-10(17)7-11(12)18/h2-8H,1H3,(H2,19,20,21,22,23). The van der Waals surface area contributed by atoms with Gasteiger partial charge in [0.2, 0.25) is 11.6 Å². The van der Waals surface area contributed by atoms with Gasteiger partial charge >= 0.3 is 5.69 Å². The SMILES string of the molecule is Cc1cccc(Nc2ncnc(Nc3ccc(Cl)cc3Cl)c2[N+](=O)[O-])n1. The zero-order valence-corrected chi connectivity index (χ0v) is 14.9. The van der Waals surface area contributed by atoms with Gasteiger partial charge < -0.3 is 10.6 Å². The molecule has 0 bridgehead atoms. The van der Waals surface area contributed by atoms with Crippen LogP contribution in [0.3, 0.4) is 0 Å². The Hall–Kier alpha value is -2.97. The second-order valence-electron chi connectivity index (χ2n) is 5.21. The van der Waals surface area contributed by atoms with E-state index >= 15 is 0 Å². The van der Waals surface area contributed by atoms with E-state index in [0.29, 0.717) is 21.6 Å². The average Bonchev–Trinajstić information content (AvgIpc) is 2.57. The van der Waals surface area contributed by atoms with E-state index in [0.717, 1.165) is 5.69 Å². The molecule has 1 aromatic carbocycles. The van der Waals surface area contributed by atoms with Crippen LogP contribution in [0, 0.1) is 17.0 Å². The van der Waals surface area contributed by atoms with Crippen LogP contribution in [0.5, 0.6) is 0 Å². The molecule has 0 aliphatic rings. The molecule has 10 heteroatoms. The molecular formula is C16H12Cl2N6O2. The fraction of sp³-hybridized carbons (Fsp3) is 0.0625. The first-order valence-corrected chi connectivity index (χ1v) is 8.12. The molecule has 0 saturated carbocycles. The molecule has 2 aromatic heterocycles. The van der Waals surface area contributed by atoms with Gasteiger partial charge in [-0.1, -0.05) is 29.3 Å². The van der Waals surface area contributed by atoms with Crippen molar-refractivity contribution in [3.63, 3.8) is 0 Å². The van der Waals surface area contributed by atoms with Crippen molar-refractivity contribution >= 4 is 52.0 Å². The van der Waals surface area contributed by atoms with Crippen LogP contribution >= 0.6 is 23.2 Å². The molecule has 2 N–H and O–H groups in total. The minimum Gasteiger partial charge on any atom is -0.333 e. The molecule has 26 heavy (non-hydrogen) atoms. The monoisotopic (exact) mass is 390 g/mol. The molecule has 0 atom stereocenters. The number of pyridine rings is 1. The number of aryl methyl sites for hydroxylation is 1. The number of nitro groups is 1. The van der Waals surface area contributed by atoms with E-state index in [9.17, 15) is 10.1 Å². The van der Waals surface area contributed by atoms with Gasteiger partial charge in [-0.05, 0) is 37.3 Å². The Morgan fingerprint density at radius 1 is 1.08 bits per heavy atom. The highest BCUT2D eigenvalue weighted by molar-refractivity contribution is 6.36. The number of hydrogen-bond acceptors (Lipinski definition) is 7. The Labute approximate surface area is 158 Å². The summed E-state index contributed by atoms with van der Waals surface area (Å²) in [5.41, 5.74) is 0.859. The van der Waals surface area contributed by atoms with Crippen LogP contribution in [0.2, 0.25) is 10.0 Å². The third-order valence-corrected chi connectivity index (χ3v) is 3.87. The summed E-state index contributed by atoms with van der Waals surface area (Å²) in [6.45, 7) is 1.81. The van der Waals surface area contributed by atoms with Crippen LogP contribution in [0.15, 0.2) is 42.7 Å². The first kappa shape index (κ1) is 17.8. The van der Waals surface area contributed by atoms with E-state index < -0.39 is 4.92 Å². The lowest BCUT2D eigenvalue weighted by molar-refractivity contribution is -0.383. The Bertz CT molecular complexity index is 983. The summed E-state index contributed by atoms with van der Waals surface area (Å²) in [4.78, 5) is 23.2. The number of benzene rings is 1. The summed E-state index contributed by atoms with van der Waals surface area (Å²) in [5.74, 6) is 0.433. The number of aromatic nitrogens is 3. The molecule has 2 heterocycles. The van der Waals surface area contributed by atoms with Crippen LogP contribution in [-0.4, -0.2) is 19.9 Å². The Balaban J connectivity index is 1.99. The maximum absolute atomic E-state index is 11.6. The van der Waals surface area contributed by atoms with Crippen LogP contribution in [0.1, 0.15) is 5.69 Å². The number of halogens is 2. The van der Waals surface area contributed by atoms with Gasteiger partial charge in [-0.25, -0.2) is 15.0 Å². The molecule has 0 fully saturated rings. The average molecular weight is 391 g/mol. The molecule has 132 valence electrons. The van der Waals surface area contributed by atoms with Gasteiger partial charge in [0.15, 0.2) is 0 Å². The van der Waals surface area contributed by atoms with Crippen LogP contribution < -0.4 is 10.6 Å². The predicted octanol–water partition coefficient (Wildman–Crippen LogP) is 4.88. The fourth-order valence-corrected chi connectivity index (χ4v) is 2.64. The maximum atomic E-state index is 11.6. The van der Waals surface area contributed by atoms with Crippen molar-refractivity contribution in [1.82, 2.24) is 15.0 Å². The van der Waals surface area contributed by atoms with Gasteiger partial charge in [-0.2, -0.15) is 0 Å². The maximum Gasteiger partial charge on any atom is 0.353 e. The Morgan fingerprint density at radius 3 is 2.46 bits per heavy atom. The summed E-state index contributed by atoms with van der Waals surface area (Å²) in [7, 11) is 0. The van der Waals surface area contributed by atoms with Gasteiger partial charge in [-0.15, -0.1) is 0 Å². The fourth-order valence-electron chi connectivity index (χ4n) is 2.19. The smallest absolute Gasteiger partial charge is 0.333 e. The van der Waals surface area contributed by atoms with Crippen molar-refractivity contribution in [3.05, 3.63) is 68.6 Å². The minimum absolute atomic E-state index is 0.00984. The lowest BCUT2D eigenvalue weighted by atomic mass is 10.3. The van der Waals surface area contributed by atoms with Gasteiger partial charge in [0.1, 0.15) is 12.1 Å². The number of hydrogen-bond donors (Lipinski definition) is 2. The molecule has 0 aliphatic heterocycles. The number of nitrogens with zero attached hydrogens (tertiary/aromatic N) is 4. The van der Waals surface area contributed by atoms with Crippen molar-refractivity contribution in [3.8, 4) is 0 Å². The quantitative estimate of drug-likeness (QED) is 0.472. The molecule has 0 radical (unpaired) electrons. The predicted molar refractivity (Wildman–Crippen MR) is 101 cm³/mol. The summed E-state index contributed by atoms with van der Waals surface area (Å²) >= 11 is 12.0. The zero-order valence-electron chi connectivity index (χ0n) is 13.4. The van der Waals surface area contributed by atoms with E-state index in [1.807, 2.05) is 13.0 Å². The van der Waals surface area contributed by atoms with E-state index in [4.69, 9.17) is 23.2 Å². The van der Waals surface area contributed by atoms with Gasteiger partial charge in [0, 0.05) is 10.7 Å². The van der Waals surface area contributed by atoms with Crippen LogP contribution in [-0.2, 0) is 0 Å². The van der Waals surface area contributed by atoms with Crippen LogP contribution in [0.25, 0.3) is 0 Å². The summed E-state index contributed by atoms with van der Waals surface area (Å²) in [5, 5.41) is 18.0. The summed E-state index contributed by atoms with van der Waals surface area (Å²) in [6.07, 6.45) is 1.21. The highest BCUT2D eigenvalue weighted by Crippen LogP contribution is 2.35. The molecule has 3 rings (SSSR count). The molecule has 0 aliphatic carbocycles. The van der Waals surface area contributed by atoms with E-state index in [-0.39, 0.29) is 17.3 Å². The van der Waals surface area contributed by atoms with Crippen molar-refractivity contribution in [1.29, 1.82) is 0 Å². The molecule has 0 amide bonds. The first-order valence-electron chi connectivity index (χ1n) is 7.36. The zero-order chi connectivity index (χ0) is 18.7. The highest BCUT2D eigenvalue weighted by Gasteiger charge is 2.24. The Kier molecular flexibility index (Phi) is 5.15.